The fourth-order valence-corrected chi connectivity index (χ4v) is 1.15. The lowest BCUT2D eigenvalue weighted by Gasteiger charge is -1.96. The molecular formula is C12H7F4NO4. The molecule has 0 fully saturated rings. The van der Waals surface area contributed by atoms with E-state index in [2.05, 4.69) is 0 Å². The highest BCUT2D eigenvalue weighted by molar-refractivity contribution is 5.38. The molecule has 0 aliphatic rings. The van der Waals surface area contributed by atoms with E-state index in [4.69, 9.17) is 10.2 Å². The Hall–Kier alpha value is -2.84. The van der Waals surface area contributed by atoms with E-state index >= 15 is 0 Å². The monoisotopic (exact) mass is 305 g/mol. The van der Waals surface area contributed by atoms with Gasteiger partial charge in [-0.25, -0.2) is 17.6 Å². The smallest absolute Gasteiger partial charge is 0.275 e. The fraction of sp³-hybridized carbons (Fsp3) is 0. The molecule has 0 unspecified atom stereocenters. The van der Waals surface area contributed by atoms with Crippen molar-refractivity contribution in [2.75, 3.05) is 0 Å². The van der Waals surface area contributed by atoms with Crippen LogP contribution >= 0.6 is 0 Å². The van der Waals surface area contributed by atoms with E-state index in [0.29, 0.717) is 12.1 Å². The van der Waals surface area contributed by atoms with Crippen molar-refractivity contribution in [3.8, 4) is 11.5 Å². The summed E-state index contributed by atoms with van der Waals surface area (Å²) in [5.74, 6) is -6.69. The van der Waals surface area contributed by atoms with E-state index < -0.39 is 45.4 Å². The predicted octanol–water partition coefficient (Wildman–Crippen LogP) is 3.25. The number of para-hydroxylation sites is 1. The molecule has 0 aromatic heterocycles. The lowest BCUT2D eigenvalue weighted by atomic mass is 10.3. The zero-order chi connectivity index (χ0) is 16.2. The summed E-state index contributed by atoms with van der Waals surface area (Å²) in [7, 11) is 0. The standard InChI is InChI=1S/C6H3F2NO3.C6H4F2O/c7-4-1-3(9(11)12)2-5(8)6(4)10;7-4-2-1-3-5(8)6(4)9/h1-2,10H;1-3,9H. The summed E-state index contributed by atoms with van der Waals surface area (Å²) >= 11 is 0. The van der Waals surface area contributed by atoms with Gasteiger partial charge in [-0.05, 0) is 12.1 Å². The summed E-state index contributed by atoms with van der Waals surface area (Å²) in [6.45, 7) is 0. The molecule has 112 valence electrons. The number of nitro benzene ring substituents is 1. The van der Waals surface area contributed by atoms with Crippen molar-refractivity contribution >= 4 is 5.69 Å². The van der Waals surface area contributed by atoms with E-state index in [0.717, 1.165) is 12.1 Å². The number of hydrogen-bond acceptors (Lipinski definition) is 4. The van der Waals surface area contributed by atoms with Gasteiger partial charge in [-0.3, -0.25) is 10.1 Å². The molecule has 2 rings (SSSR count). The molecule has 0 aliphatic carbocycles. The Balaban J connectivity index is 0.000000219. The zero-order valence-corrected chi connectivity index (χ0v) is 10.1. The van der Waals surface area contributed by atoms with Crippen LogP contribution in [0.2, 0.25) is 0 Å². The number of nitro groups is 1. The normalized spacial score (nSPS) is 9.71. The third-order valence-corrected chi connectivity index (χ3v) is 2.15. The molecule has 0 atom stereocenters. The maximum atomic E-state index is 12.4. The van der Waals surface area contributed by atoms with Crippen LogP contribution in [-0.2, 0) is 0 Å². The van der Waals surface area contributed by atoms with E-state index in [-0.39, 0.29) is 0 Å². The second-order valence-corrected chi connectivity index (χ2v) is 3.59. The number of nitrogens with zero attached hydrogens (tertiary/aromatic N) is 1. The third kappa shape index (κ3) is 4.06. The molecule has 2 N–H and O–H groups in total. The quantitative estimate of drug-likeness (QED) is 0.481. The van der Waals surface area contributed by atoms with Gasteiger partial charge in [0.05, 0.1) is 17.1 Å². The Labute approximate surface area is 114 Å². The van der Waals surface area contributed by atoms with Crippen LogP contribution in [0, 0.1) is 33.4 Å². The van der Waals surface area contributed by atoms with Crippen molar-refractivity contribution in [2.45, 2.75) is 0 Å². The third-order valence-electron chi connectivity index (χ3n) is 2.15. The molecule has 0 bridgehead atoms. The maximum Gasteiger partial charge on any atom is 0.275 e. The van der Waals surface area contributed by atoms with E-state index in [9.17, 15) is 27.7 Å². The van der Waals surface area contributed by atoms with E-state index in [1.807, 2.05) is 0 Å². The van der Waals surface area contributed by atoms with Gasteiger partial charge >= 0.3 is 0 Å². The van der Waals surface area contributed by atoms with Crippen LogP contribution in [0.4, 0.5) is 23.2 Å². The van der Waals surface area contributed by atoms with Gasteiger partial charge in [0.15, 0.2) is 34.8 Å². The number of phenols is 2. The molecule has 2 aromatic rings. The summed E-state index contributed by atoms with van der Waals surface area (Å²) < 4.78 is 49.0. The number of phenolic OH excluding ortho intramolecular Hbond substituents is 2. The molecular weight excluding hydrogens is 298 g/mol. The Morgan fingerprint density at radius 2 is 1.24 bits per heavy atom. The number of non-ortho nitro benzene ring substituents is 1. The Morgan fingerprint density at radius 3 is 1.57 bits per heavy atom. The number of aromatic hydroxyl groups is 2. The van der Waals surface area contributed by atoms with Crippen molar-refractivity contribution in [2.24, 2.45) is 0 Å². The van der Waals surface area contributed by atoms with Gasteiger partial charge < -0.3 is 10.2 Å². The van der Waals surface area contributed by atoms with Gasteiger partial charge in [-0.1, -0.05) is 6.07 Å². The van der Waals surface area contributed by atoms with Gasteiger partial charge in [0.2, 0.25) is 0 Å². The first-order chi connectivity index (χ1) is 9.73. The summed E-state index contributed by atoms with van der Waals surface area (Å²) in [5.41, 5.74) is -0.734. The minimum atomic E-state index is -1.35. The molecule has 0 heterocycles. The van der Waals surface area contributed by atoms with Crippen LogP contribution in [0.15, 0.2) is 30.3 Å². The SMILES string of the molecule is O=[N+]([O-])c1cc(F)c(O)c(F)c1.Oc1c(F)cccc1F. The summed E-state index contributed by atoms with van der Waals surface area (Å²) in [6, 6.07) is 4.04. The second kappa shape index (κ2) is 6.55. The van der Waals surface area contributed by atoms with E-state index in [1.54, 1.807) is 0 Å². The lowest BCUT2D eigenvalue weighted by Crippen LogP contribution is -1.91. The van der Waals surface area contributed by atoms with Crippen molar-refractivity contribution in [1.82, 2.24) is 0 Å². The fourth-order valence-electron chi connectivity index (χ4n) is 1.15. The summed E-state index contributed by atoms with van der Waals surface area (Å²) in [5, 5.41) is 27.0. The topological polar surface area (TPSA) is 83.6 Å². The predicted molar refractivity (Wildman–Crippen MR) is 62.7 cm³/mol. The Morgan fingerprint density at radius 1 is 0.857 bits per heavy atom. The van der Waals surface area contributed by atoms with Crippen molar-refractivity contribution in [1.29, 1.82) is 0 Å². The highest BCUT2D eigenvalue weighted by atomic mass is 19.1. The number of rotatable bonds is 1. The van der Waals surface area contributed by atoms with Crippen LogP contribution in [0.1, 0.15) is 0 Å². The number of benzene rings is 2. The van der Waals surface area contributed by atoms with E-state index in [1.165, 1.54) is 6.07 Å². The van der Waals surface area contributed by atoms with Gasteiger partial charge in [0, 0.05) is 0 Å². The lowest BCUT2D eigenvalue weighted by molar-refractivity contribution is -0.385. The molecule has 0 spiro atoms. The molecule has 0 saturated heterocycles. The Kier molecular flexibility index (Phi) is 5.06. The first-order valence-electron chi connectivity index (χ1n) is 5.19. The highest BCUT2D eigenvalue weighted by Crippen LogP contribution is 2.25. The molecule has 0 amide bonds. The van der Waals surface area contributed by atoms with Crippen LogP contribution in [-0.4, -0.2) is 15.1 Å². The first kappa shape index (κ1) is 16.2. The van der Waals surface area contributed by atoms with Crippen LogP contribution in [0.25, 0.3) is 0 Å². The average Bonchev–Trinajstić information content (AvgIpc) is 2.42. The van der Waals surface area contributed by atoms with Crippen LogP contribution in [0.3, 0.4) is 0 Å². The zero-order valence-electron chi connectivity index (χ0n) is 10.1. The van der Waals surface area contributed by atoms with Crippen molar-refractivity contribution < 1.29 is 32.7 Å². The average molecular weight is 305 g/mol. The molecule has 21 heavy (non-hydrogen) atoms. The van der Waals surface area contributed by atoms with Crippen molar-refractivity contribution in [3.05, 3.63) is 63.7 Å². The number of halogens is 4. The molecule has 9 heteroatoms. The van der Waals surface area contributed by atoms with Gasteiger partial charge in [-0.2, -0.15) is 0 Å². The van der Waals surface area contributed by atoms with Crippen LogP contribution in [0.5, 0.6) is 11.5 Å². The Bertz CT molecular complexity index is 635. The molecule has 5 nitrogen and oxygen atoms in total. The van der Waals surface area contributed by atoms with Gasteiger partial charge in [-0.15, -0.1) is 0 Å². The molecule has 0 aliphatic heterocycles. The molecule has 0 saturated carbocycles. The maximum absolute atomic E-state index is 12.4. The largest absolute Gasteiger partial charge is 0.503 e. The van der Waals surface area contributed by atoms with Crippen molar-refractivity contribution in [3.63, 3.8) is 0 Å². The molecule has 0 radical (unpaired) electrons. The minimum Gasteiger partial charge on any atom is -0.503 e. The summed E-state index contributed by atoms with van der Waals surface area (Å²) in [6.07, 6.45) is 0. The highest BCUT2D eigenvalue weighted by Gasteiger charge is 2.15. The number of hydrogen-bond donors (Lipinski definition) is 2. The molecule has 2 aromatic carbocycles. The second-order valence-electron chi connectivity index (χ2n) is 3.59. The first-order valence-corrected chi connectivity index (χ1v) is 5.19. The van der Waals surface area contributed by atoms with Gasteiger partial charge in [0.25, 0.3) is 5.69 Å². The van der Waals surface area contributed by atoms with Crippen LogP contribution < -0.4 is 0 Å². The minimum absolute atomic E-state index is 0.443. The van der Waals surface area contributed by atoms with Gasteiger partial charge in [0.1, 0.15) is 0 Å². The summed E-state index contributed by atoms with van der Waals surface area (Å²) in [4.78, 5) is 9.05.